The van der Waals surface area contributed by atoms with Gasteiger partial charge in [0.2, 0.25) is 11.8 Å². The van der Waals surface area contributed by atoms with E-state index in [1.807, 2.05) is 24.3 Å². The van der Waals surface area contributed by atoms with E-state index in [0.717, 1.165) is 12.1 Å². The Morgan fingerprint density at radius 3 is 2.50 bits per heavy atom. The first-order chi connectivity index (χ1) is 10.7. The lowest BCUT2D eigenvalue weighted by molar-refractivity contribution is 0.477. The molecule has 0 saturated heterocycles. The highest BCUT2D eigenvalue weighted by Gasteiger charge is 2.07. The van der Waals surface area contributed by atoms with E-state index in [2.05, 4.69) is 53.6 Å². The highest BCUT2D eigenvalue weighted by molar-refractivity contribution is 5.52. The fourth-order valence-corrected chi connectivity index (χ4v) is 2.27. The zero-order valence-corrected chi connectivity index (χ0v) is 12.8. The van der Waals surface area contributed by atoms with Crippen LogP contribution >= 0.6 is 0 Å². The van der Waals surface area contributed by atoms with Crippen LogP contribution < -0.4 is 5.32 Å². The minimum absolute atomic E-state index is 0.562. The maximum atomic E-state index is 5.69. The predicted molar refractivity (Wildman–Crippen MR) is 86.2 cm³/mol. The Labute approximate surface area is 130 Å². The molecule has 3 rings (SSSR count). The molecule has 0 amide bonds. The van der Waals surface area contributed by atoms with Gasteiger partial charge in [0.1, 0.15) is 0 Å². The van der Waals surface area contributed by atoms with Gasteiger partial charge in [-0.05, 0) is 31.5 Å². The lowest BCUT2D eigenvalue weighted by Gasteiger charge is -2.03. The molecule has 0 aliphatic rings. The largest absolute Gasteiger partial charge is 0.419 e. The Kier molecular flexibility index (Phi) is 4.30. The molecule has 1 N–H and O–H groups in total. The Bertz CT molecular complexity index is 747. The summed E-state index contributed by atoms with van der Waals surface area (Å²) in [6, 6.07) is 16.5. The molecule has 0 aliphatic carbocycles. The van der Waals surface area contributed by atoms with E-state index >= 15 is 0 Å². The molecule has 0 spiro atoms. The zero-order valence-electron chi connectivity index (χ0n) is 12.8. The second-order valence-electron chi connectivity index (χ2n) is 5.46. The third-order valence-corrected chi connectivity index (χ3v) is 3.45. The summed E-state index contributed by atoms with van der Waals surface area (Å²) in [5.74, 6) is 1.16. The van der Waals surface area contributed by atoms with Crippen LogP contribution in [0, 0.1) is 13.8 Å². The molecule has 1 heterocycles. The summed E-state index contributed by atoms with van der Waals surface area (Å²) >= 11 is 0. The molecule has 0 radical (unpaired) electrons. The molecule has 0 bridgehead atoms. The van der Waals surface area contributed by atoms with E-state index in [0.29, 0.717) is 18.3 Å². The number of rotatable bonds is 5. The van der Waals surface area contributed by atoms with Crippen molar-refractivity contribution in [1.82, 2.24) is 15.5 Å². The Hall–Kier alpha value is -2.46. The molecule has 1 aromatic heterocycles. The summed E-state index contributed by atoms with van der Waals surface area (Å²) in [6.45, 7) is 5.49. The first kappa shape index (κ1) is 14.5. The average Bonchev–Trinajstić information content (AvgIpc) is 2.97. The Balaban J connectivity index is 1.59. The summed E-state index contributed by atoms with van der Waals surface area (Å²) in [7, 11) is 0. The summed E-state index contributed by atoms with van der Waals surface area (Å²) in [5, 5.41) is 11.5. The van der Waals surface area contributed by atoms with Gasteiger partial charge in [0.25, 0.3) is 0 Å². The molecule has 4 nitrogen and oxygen atoms in total. The maximum Gasteiger partial charge on any atom is 0.247 e. The van der Waals surface area contributed by atoms with Crippen LogP contribution in [0.2, 0.25) is 0 Å². The van der Waals surface area contributed by atoms with E-state index in [-0.39, 0.29) is 0 Å². The van der Waals surface area contributed by atoms with Gasteiger partial charge in [-0.25, -0.2) is 0 Å². The molecule has 4 heteroatoms. The number of aromatic nitrogens is 2. The minimum Gasteiger partial charge on any atom is -0.419 e. The van der Waals surface area contributed by atoms with Crippen LogP contribution in [0.5, 0.6) is 0 Å². The summed E-state index contributed by atoms with van der Waals surface area (Å²) in [5.41, 5.74) is 4.67. The number of nitrogens with one attached hydrogen (secondary N) is 1. The SMILES string of the molecule is Cc1ccc(-c2nnc(CNCc3cccc(C)c3)o2)cc1. The average molecular weight is 293 g/mol. The van der Waals surface area contributed by atoms with Crippen molar-refractivity contribution in [2.24, 2.45) is 0 Å². The van der Waals surface area contributed by atoms with Crippen LogP contribution in [0.4, 0.5) is 0 Å². The van der Waals surface area contributed by atoms with Gasteiger partial charge in [0.05, 0.1) is 6.54 Å². The Morgan fingerprint density at radius 1 is 0.909 bits per heavy atom. The summed E-state index contributed by atoms with van der Waals surface area (Å²) < 4.78 is 5.69. The van der Waals surface area contributed by atoms with E-state index < -0.39 is 0 Å². The first-order valence-corrected chi connectivity index (χ1v) is 7.36. The van der Waals surface area contributed by atoms with Crippen molar-refractivity contribution in [3.8, 4) is 11.5 Å². The number of aryl methyl sites for hydroxylation is 2. The number of nitrogens with zero attached hydrogens (tertiary/aromatic N) is 2. The number of benzene rings is 2. The second kappa shape index (κ2) is 6.54. The van der Waals surface area contributed by atoms with Gasteiger partial charge in [-0.3, -0.25) is 0 Å². The van der Waals surface area contributed by atoms with Crippen molar-refractivity contribution >= 4 is 0 Å². The smallest absolute Gasteiger partial charge is 0.247 e. The molecule has 22 heavy (non-hydrogen) atoms. The standard InChI is InChI=1S/C18H19N3O/c1-13-6-8-16(9-7-13)18-21-20-17(22-18)12-19-11-15-5-3-4-14(2)10-15/h3-10,19H,11-12H2,1-2H3. The van der Waals surface area contributed by atoms with E-state index in [9.17, 15) is 0 Å². The third-order valence-electron chi connectivity index (χ3n) is 3.45. The molecule has 2 aromatic carbocycles. The number of hydrogen-bond acceptors (Lipinski definition) is 4. The van der Waals surface area contributed by atoms with Gasteiger partial charge < -0.3 is 9.73 Å². The topological polar surface area (TPSA) is 51.0 Å². The highest BCUT2D eigenvalue weighted by atomic mass is 16.4. The molecular weight excluding hydrogens is 274 g/mol. The third kappa shape index (κ3) is 3.59. The summed E-state index contributed by atoms with van der Waals surface area (Å²) in [4.78, 5) is 0. The van der Waals surface area contributed by atoms with Crippen LogP contribution in [0.15, 0.2) is 52.9 Å². The number of hydrogen-bond donors (Lipinski definition) is 1. The van der Waals surface area contributed by atoms with Gasteiger partial charge in [-0.1, -0.05) is 47.5 Å². The van der Waals surface area contributed by atoms with Crippen molar-refractivity contribution in [3.05, 3.63) is 71.1 Å². The predicted octanol–water partition coefficient (Wildman–Crippen LogP) is 3.64. The maximum absolute atomic E-state index is 5.69. The molecule has 112 valence electrons. The lowest BCUT2D eigenvalue weighted by Crippen LogP contribution is -2.12. The quantitative estimate of drug-likeness (QED) is 0.780. The zero-order chi connectivity index (χ0) is 15.4. The first-order valence-electron chi connectivity index (χ1n) is 7.36. The van der Waals surface area contributed by atoms with E-state index in [1.165, 1.54) is 16.7 Å². The Morgan fingerprint density at radius 2 is 1.73 bits per heavy atom. The summed E-state index contributed by atoms with van der Waals surface area (Å²) in [6.07, 6.45) is 0. The monoisotopic (exact) mass is 293 g/mol. The van der Waals surface area contributed by atoms with Crippen molar-refractivity contribution in [1.29, 1.82) is 0 Å². The second-order valence-corrected chi connectivity index (χ2v) is 5.46. The van der Waals surface area contributed by atoms with Gasteiger partial charge in [-0.15, -0.1) is 10.2 Å². The highest BCUT2D eigenvalue weighted by Crippen LogP contribution is 2.18. The molecular formula is C18H19N3O. The molecule has 3 aromatic rings. The molecule has 0 saturated carbocycles. The van der Waals surface area contributed by atoms with Crippen molar-refractivity contribution in [3.63, 3.8) is 0 Å². The van der Waals surface area contributed by atoms with E-state index in [1.54, 1.807) is 0 Å². The fourth-order valence-electron chi connectivity index (χ4n) is 2.27. The van der Waals surface area contributed by atoms with Gasteiger partial charge >= 0.3 is 0 Å². The van der Waals surface area contributed by atoms with Gasteiger partial charge in [0.15, 0.2) is 0 Å². The molecule has 0 aliphatic heterocycles. The van der Waals surface area contributed by atoms with E-state index in [4.69, 9.17) is 4.42 Å². The molecule has 0 atom stereocenters. The van der Waals surface area contributed by atoms with Crippen molar-refractivity contribution in [2.45, 2.75) is 26.9 Å². The lowest BCUT2D eigenvalue weighted by atomic mass is 10.1. The van der Waals surface area contributed by atoms with Gasteiger partial charge in [-0.2, -0.15) is 0 Å². The van der Waals surface area contributed by atoms with Crippen molar-refractivity contribution < 1.29 is 4.42 Å². The van der Waals surface area contributed by atoms with Crippen LogP contribution in [0.25, 0.3) is 11.5 Å². The normalized spacial score (nSPS) is 10.8. The fraction of sp³-hybridized carbons (Fsp3) is 0.222. The van der Waals surface area contributed by atoms with Crippen molar-refractivity contribution in [2.75, 3.05) is 0 Å². The van der Waals surface area contributed by atoms with Crippen LogP contribution in [-0.4, -0.2) is 10.2 Å². The van der Waals surface area contributed by atoms with Crippen LogP contribution in [0.3, 0.4) is 0 Å². The van der Waals surface area contributed by atoms with Gasteiger partial charge in [0, 0.05) is 12.1 Å². The molecule has 0 unspecified atom stereocenters. The van der Waals surface area contributed by atoms with Crippen LogP contribution in [-0.2, 0) is 13.1 Å². The minimum atomic E-state index is 0.562. The molecule has 0 fully saturated rings. The van der Waals surface area contributed by atoms with Crippen LogP contribution in [0.1, 0.15) is 22.6 Å².